The molecule has 0 saturated carbocycles. The minimum absolute atomic E-state index is 0.638. The van der Waals surface area contributed by atoms with E-state index in [1.807, 2.05) is 6.07 Å². The molecular formula is C47H28N2OS. The molecule has 0 fully saturated rings. The Bertz CT molecular complexity index is 3110. The smallest absolute Gasteiger partial charge is 0.227 e. The van der Waals surface area contributed by atoms with Crippen molar-refractivity contribution in [2.45, 2.75) is 0 Å². The molecule has 0 unspecified atom stereocenters. The van der Waals surface area contributed by atoms with Crippen LogP contribution in [0.1, 0.15) is 0 Å². The maximum atomic E-state index is 6.38. The van der Waals surface area contributed by atoms with Gasteiger partial charge in [-0.15, -0.1) is 11.3 Å². The van der Waals surface area contributed by atoms with Crippen molar-refractivity contribution in [2.75, 3.05) is 0 Å². The number of nitrogens with zero attached hydrogens (tertiary/aromatic N) is 2. The number of fused-ring (bicyclic) bond motifs is 10. The van der Waals surface area contributed by atoms with Gasteiger partial charge in [-0.05, 0) is 87.6 Å². The summed E-state index contributed by atoms with van der Waals surface area (Å²) in [5, 5.41) is 7.40. The van der Waals surface area contributed by atoms with Gasteiger partial charge in [-0.1, -0.05) is 115 Å². The van der Waals surface area contributed by atoms with Crippen LogP contribution < -0.4 is 0 Å². The molecule has 0 aliphatic heterocycles. The highest BCUT2D eigenvalue weighted by Gasteiger charge is 2.19. The van der Waals surface area contributed by atoms with Gasteiger partial charge < -0.3 is 8.98 Å². The van der Waals surface area contributed by atoms with Crippen molar-refractivity contribution in [3.63, 3.8) is 0 Å². The Hall–Kier alpha value is -6.49. The first-order valence-electron chi connectivity index (χ1n) is 17.2. The maximum absolute atomic E-state index is 6.38. The summed E-state index contributed by atoms with van der Waals surface area (Å²) in [5.41, 5.74) is 11.0. The number of aromatic nitrogens is 2. The Labute approximate surface area is 297 Å². The Morgan fingerprint density at radius 1 is 0.451 bits per heavy atom. The topological polar surface area (TPSA) is 31.0 Å². The van der Waals surface area contributed by atoms with E-state index in [0.29, 0.717) is 5.89 Å². The average Bonchev–Trinajstić information content (AvgIpc) is 3.90. The molecule has 4 heteroatoms. The molecule has 0 aliphatic carbocycles. The number of oxazole rings is 1. The van der Waals surface area contributed by atoms with E-state index in [1.165, 1.54) is 69.4 Å². The molecule has 0 N–H and O–H groups in total. The molecule has 0 saturated heterocycles. The number of hydrogen-bond donors (Lipinski definition) is 0. The van der Waals surface area contributed by atoms with Crippen LogP contribution in [0.25, 0.3) is 103 Å². The van der Waals surface area contributed by atoms with Gasteiger partial charge in [0.25, 0.3) is 0 Å². The second-order valence-electron chi connectivity index (χ2n) is 13.1. The second kappa shape index (κ2) is 11.0. The van der Waals surface area contributed by atoms with Crippen LogP contribution in [0, 0.1) is 0 Å². The van der Waals surface area contributed by atoms with Crippen molar-refractivity contribution >= 4 is 75.2 Å². The fourth-order valence-electron chi connectivity index (χ4n) is 7.90. The van der Waals surface area contributed by atoms with Gasteiger partial charge in [0, 0.05) is 42.2 Å². The molecule has 238 valence electrons. The van der Waals surface area contributed by atoms with Crippen molar-refractivity contribution in [3.05, 3.63) is 170 Å². The lowest BCUT2D eigenvalue weighted by Crippen LogP contribution is -1.94. The molecular weight excluding hydrogens is 641 g/mol. The first-order chi connectivity index (χ1) is 25.3. The third-order valence-electron chi connectivity index (χ3n) is 10.3. The molecule has 0 radical (unpaired) electrons. The summed E-state index contributed by atoms with van der Waals surface area (Å²) in [6.45, 7) is 0. The van der Waals surface area contributed by atoms with Crippen LogP contribution >= 0.6 is 11.3 Å². The van der Waals surface area contributed by atoms with Crippen molar-refractivity contribution in [3.8, 4) is 39.4 Å². The lowest BCUT2D eigenvalue weighted by Gasteiger charge is -2.13. The Morgan fingerprint density at radius 3 is 1.92 bits per heavy atom. The monoisotopic (exact) mass is 668 g/mol. The number of thiophene rings is 1. The van der Waals surface area contributed by atoms with Gasteiger partial charge >= 0.3 is 0 Å². The molecule has 0 spiro atoms. The summed E-state index contributed by atoms with van der Waals surface area (Å²) in [4.78, 5) is 5.06. The summed E-state index contributed by atoms with van der Waals surface area (Å²) in [6.07, 6.45) is 0. The predicted molar refractivity (Wildman–Crippen MR) is 215 cm³/mol. The number of para-hydroxylation sites is 1. The van der Waals surface area contributed by atoms with E-state index >= 15 is 0 Å². The van der Waals surface area contributed by atoms with E-state index in [1.54, 1.807) is 11.3 Å². The number of benzene rings is 8. The van der Waals surface area contributed by atoms with Crippen LogP contribution in [0.4, 0.5) is 0 Å². The molecule has 0 aliphatic rings. The molecule has 3 aromatic heterocycles. The first kappa shape index (κ1) is 28.4. The van der Waals surface area contributed by atoms with E-state index in [9.17, 15) is 0 Å². The standard InChI is InChI=1S/C47H28N2OS/c1-2-10-29(11-3-1)30-22-24-33(25-23-30)49-39-16-8-6-14-36(39)44-35-13-5-4-12-34(35)38(28-40(44)49)31-18-20-32(21-19-31)47-48-46-41(50-47)26-27-43-45(46)37-15-7-9-17-42(37)51-43/h1-28H. The molecule has 11 rings (SSSR count). The van der Waals surface area contributed by atoms with Crippen molar-refractivity contribution in [1.29, 1.82) is 0 Å². The highest BCUT2D eigenvalue weighted by molar-refractivity contribution is 7.26. The quantitative estimate of drug-likeness (QED) is 0.187. The highest BCUT2D eigenvalue weighted by atomic mass is 32.1. The van der Waals surface area contributed by atoms with Crippen LogP contribution in [0.2, 0.25) is 0 Å². The van der Waals surface area contributed by atoms with E-state index in [2.05, 4.69) is 168 Å². The second-order valence-corrected chi connectivity index (χ2v) is 14.2. The maximum Gasteiger partial charge on any atom is 0.227 e. The van der Waals surface area contributed by atoms with Gasteiger partial charge in [0.05, 0.1) is 11.0 Å². The minimum Gasteiger partial charge on any atom is -0.436 e. The van der Waals surface area contributed by atoms with Crippen LogP contribution in [0.15, 0.2) is 174 Å². The van der Waals surface area contributed by atoms with Gasteiger partial charge in [-0.3, -0.25) is 0 Å². The molecule has 8 aromatic carbocycles. The van der Waals surface area contributed by atoms with Crippen molar-refractivity contribution in [2.24, 2.45) is 0 Å². The first-order valence-corrected chi connectivity index (χ1v) is 18.0. The Balaban J connectivity index is 1.07. The van der Waals surface area contributed by atoms with Crippen molar-refractivity contribution < 1.29 is 4.42 Å². The molecule has 51 heavy (non-hydrogen) atoms. The van der Waals surface area contributed by atoms with Crippen LogP contribution in [0.5, 0.6) is 0 Å². The third kappa shape index (κ3) is 4.33. The normalized spacial score (nSPS) is 11.9. The lowest BCUT2D eigenvalue weighted by molar-refractivity contribution is 0.620. The molecule has 0 bridgehead atoms. The number of hydrogen-bond acceptors (Lipinski definition) is 3. The fraction of sp³-hybridized carbons (Fsp3) is 0. The molecule has 11 aromatic rings. The minimum atomic E-state index is 0.638. The Morgan fingerprint density at radius 2 is 1.10 bits per heavy atom. The van der Waals surface area contributed by atoms with Gasteiger partial charge in [0.2, 0.25) is 5.89 Å². The van der Waals surface area contributed by atoms with Crippen molar-refractivity contribution in [1.82, 2.24) is 9.55 Å². The van der Waals surface area contributed by atoms with E-state index in [-0.39, 0.29) is 0 Å². The average molecular weight is 669 g/mol. The van der Waals surface area contributed by atoms with Gasteiger partial charge in [-0.2, -0.15) is 0 Å². The zero-order valence-electron chi connectivity index (χ0n) is 27.4. The fourth-order valence-corrected chi connectivity index (χ4v) is 9.01. The highest BCUT2D eigenvalue weighted by Crippen LogP contribution is 2.43. The van der Waals surface area contributed by atoms with Gasteiger partial charge in [0.1, 0.15) is 5.52 Å². The zero-order valence-corrected chi connectivity index (χ0v) is 28.2. The van der Waals surface area contributed by atoms with E-state index in [0.717, 1.165) is 27.9 Å². The third-order valence-corrected chi connectivity index (χ3v) is 11.4. The SMILES string of the molecule is c1ccc(-c2ccc(-n3c4ccccc4c4c5ccccc5c(-c5ccc(-c6nc7c(ccc8sc9ccccc9c87)o6)cc5)cc43)cc2)cc1. The van der Waals surface area contributed by atoms with E-state index < -0.39 is 0 Å². The van der Waals surface area contributed by atoms with Crippen LogP contribution in [-0.4, -0.2) is 9.55 Å². The van der Waals surface area contributed by atoms with Crippen LogP contribution in [0.3, 0.4) is 0 Å². The van der Waals surface area contributed by atoms with Gasteiger partial charge in [-0.25, -0.2) is 4.98 Å². The number of rotatable bonds is 4. The summed E-state index contributed by atoms with van der Waals surface area (Å²) < 4.78 is 11.3. The largest absolute Gasteiger partial charge is 0.436 e. The molecule has 3 nitrogen and oxygen atoms in total. The Kier molecular flexibility index (Phi) is 6.12. The summed E-state index contributed by atoms with van der Waals surface area (Å²) >= 11 is 1.80. The predicted octanol–water partition coefficient (Wildman–Crippen LogP) is 13.4. The lowest BCUT2D eigenvalue weighted by atomic mass is 9.94. The molecule has 0 amide bonds. The summed E-state index contributed by atoms with van der Waals surface area (Å²) in [7, 11) is 0. The van der Waals surface area contributed by atoms with Gasteiger partial charge in [0.15, 0.2) is 5.58 Å². The summed E-state index contributed by atoms with van der Waals surface area (Å²) in [5.74, 6) is 0.638. The van der Waals surface area contributed by atoms with E-state index in [4.69, 9.17) is 9.40 Å². The molecule has 3 heterocycles. The van der Waals surface area contributed by atoms with Crippen LogP contribution in [-0.2, 0) is 0 Å². The zero-order chi connectivity index (χ0) is 33.5. The summed E-state index contributed by atoms with van der Waals surface area (Å²) in [6, 6.07) is 60.8. The molecule has 0 atom stereocenters.